The largest absolute Gasteiger partial charge is 0.493 e. The van der Waals surface area contributed by atoms with Crippen molar-refractivity contribution in [2.75, 3.05) is 12.4 Å². The number of hydrogen-bond donors (Lipinski definition) is 1. The van der Waals surface area contributed by atoms with Crippen LogP contribution in [0.4, 0.5) is 0 Å². The summed E-state index contributed by atoms with van der Waals surface area (Å²) in [4.78, 5) is 0.0688. The zero-order chi connectivity index (χ0) is 16.2. The van der Waals surface area contributed by atoms with Gasteiger partial charge in [0, 0.05) is 11.8 Å². The quantitative estimate of drug-likeness (QED) is 0.607. The fourth-order valence-corrected chi connectivity index (χ4v) is 3.08. The van der Waals surface area contributed by atoms with Gasteiger partial charge in [-0.3, -0.25) is 0 Å². The molecule has 0 spiro atoms. The number of sulfonamides is 1. The van der Waals surface area contributed by atoms with E-state index in [9.17, 15) is 8.42 Å². The molecule has 1 aromatic heterocycles. The second-order valence-electron chi connectivity index (χ2n) is 4.83. The lowest BCUT2D eigenvalue weighted by atomic mass is 10.3. The monoisotopic (exact) mass is 342 g/mol. The van der Waals surface area contributed by atoms with E-state index in [2.05, 4.69) is 24.0 Å². The molecular weight excluding hydrogens is 324 g/mol. The van der Waals surface area contributed by atoms with E-state index in [-0.39, 0.29) is 4.90 Å². The minimum Gasteiger partial charge on any atom is -0.493 e. The summed E-state index contributed by atoms with van der Waals surface area (Å²) in [5, 5.41) is 13.8. The van der Waals surface area contributed by atoms with Crippen LogP contribution in [0.1, 0.15) is 19.9 Å². The lowest BCUT2D eigenvalue weighted by Gasteiger charge is -2.10. The highest BCUT2D eigenvalue weighted by Crippen LogP contribution is 2.19. The van der Waals surface area contributed by atoms with Gasteiger partial charge in [0.1, 0.15) is 12.1 Å². The van der Waals surface area contributed by atoms with Gasteiger partial charge in [-0.2, -0.15) is 0 Å². The molecule has 0 unspecified atom stereocenters. The number of nitrogens with two attached hydrogens (primary N) is 1. The third kappa shape index (κ3) is 4.46. The lowest BCUT2D eigenvalue weighted by Crippen LogP contribution is -2.11. The van der Waals surface area contributed by atoms with E-state index >= 15 is 0 Å². The summed E-state index contributed by atoms with van der Waals surface area (Å²) in [5.74, 6) is 1.31. The summed E-state index contributed by atoms with van der Waals surface area (Å²) >= 11 is 1.56. The van der Waals surface area contributed by atoms with Gasteiger partial charge >= 0.3 is 0 Å². The van der Waals surface area contributed by atoms with Crippen molar-refractivity contribution >= 4 is 21.8 Å². The van der Waals surface area contributed by atoms with Crippen LogP contribution >= 0.6 is 11.8 Å². The van der Waals surface area contributed by atoms with Gasteiger partial charge in [-0.1, -0.05) is 11.8 Å². The summed E-state index contributed by atoms with van der Waals surface area (Å²) in [6, 6.07) is 6.33. The molecule has 0 amide bonds. The Bertz CT molecular complexity index is 711. The van der Waals surface area contributed by atoms with Gasteiger partial charge < -0.3 is 9.30 Å². The zero-order valence-electron chi connectivity index (χ0n) is 12.3. The van der Waals surface area contributed by atoms with Crippen molar-refractivity contribution in [3.05, 3.63) is 30.6 Å². The molecule has 7 nitrogen and oxygen atoms in total. The normalized spacial score (nSPS) is 11.8. The van der Waals surface area contributed by atoms with Crippen LogP contribution in [0.2, 0.25) is 0 Å². The van der Waals surface area contributed by atoms with Gasteiger partial charge in [0.2, 0.25) is 10.0 Å². The number of ether oxygens (including phenoxy) is 1. The molecule has 0 radical (unpaired) electrons. The van der Waals surface area contributed by atoms with E-state index in [0.29, 0.717) is 24.2 Å². The molecule has 1 heterocycles. The molecule has 22 heavy (non-hydrogen) atoms. The number of rotatable bonds is 7. The maximum Gasteiger partial charge on any atom is 0.238 e. The van der Waals surface area contributed by atoms with E-state index < -0.39 is 10.0 Å². The van der Waals surface area contributed by atoms with E-state index in [0.717, 1.165) is 5.16 Å². The highest BCUT2D eigenvalue weighted by atomic mass is 32.2. The van der Waals surface area contributed by atoms with Crippen molar-refractivity contribution in [2.45, 2.75) is 29.9 Å². The van der Waals surface area contributed by atoms with Gasteiger partial charge in [0.25, 0.3) is 0 Å². The molecule has 2 rings (SSSR count). The maximum atomic E-state index is 11.1. The maximum absolute atomic E-state index is 11.1. The summed E-state index contributed by atoms with van der Waals surface area (Å²) in [7, 11) is -3.66. The van der Waals surface area contributed by atoms with Crippen LogP contribution in [0.15, 0.2) is 40.6 Å². The van der Waals surface area contributed by atoms with Crippen LogP contribution in [0, 0.1) is 0 Å². The Kier molecular flexibility index (Phi) is 5.43. The average Bonchev–Trinajstić information content (AvgIpc) is 2.92. The highest BCUT2D eigenvalue weighted by molar-refractivity contribution is 7.99. The third-order valence-corrected chi connectivity index (χ3v) is 4.68. The molecule has 0 saturated carbocycles. The van der Waals surface area contributed by atoms with Crippen LogP contribution in [-0.2, 0) is 10.0 Å². The summed E-state index contributed by atoms with van der Waals surface area (Å²) in [6.07, 6.45) is 1.71. The molecule has 2 N–H and O–H groups in total. The molecule has 0 bridgehead atoms. The Morgan fingerprint density at radius 2 is 2.00 bits per heavy atom. The fraction of sp³-hybridized carbons (Fsp3) is 0.385. The van der Waals surface area contributed by atoms with Gasteiger partial charge in [-0.05, 0) is 38.1 Å². The molecule has 9 heteroatoms. The zero-order valence-corrected chi connectivity index (χ0v) is 14.0. The molecular formula is C13H18N4O3S2. The Labute approximate surface area is 133 Å². The minimum absolute atomic E-state index is 0.0688. The Morgan fingerprint density at radius 1 is 1.32 bits per heavy atom. The van der Waals surface area contributed by atoms with Gasteiger partial charge in [0.15, 0.2) is 5.16 Å². The van der Waals surface area contributed by atoms with Crippen LogP contribution in [0.3, 0.4) is 0 Å². The highest BCUT2D eigenvalue weighted by Gasteiger charge is 2.09. The first-order valence-electron chi connectivity index (χ1n) is 6.66. The molecule has 2 aromatic rings. The summed E-state index contributed by atoms with van der Waals surface area (Å²) < 4.78 is 29.8. The molecule has 0 aliphatic carbocycles. The predicted octanol–water partition coefficient (Wildman–Crippen LogP) is 1.68. The number of hydrogen-bond acceptors (Lipinski definition) is 6. The van der Waals surface area contributed by atoms with Crippen LogP contribution in [-0.4, -0.2) is 35.5 Å². The SMILES string of the molecule is CC(C)n1cnnc1SCCOc1ccc(S(N)(=O)=O)cc1. The summed E-state index contributed by atoms with van der Waals surface area (Å²) in [5.41, 5.74) is 0. The topological polar surface area (TPSA) is 100 Å². The van der Waals surface area contributed by atoms with E-state index in [1.807, 2.05) is 4.57 Å². The van der Waals surface area contributed by atoms with Gasteiger partial charge in [-0.25, -0.2) is 13.6 Å². The summed E-state index contributed by atoms with van der Waals surface area (Å²) in [6.45, 7) is 4.61. The van der Waals surface area contributed by atoms with E-state index in [1.54, 1.807) is 30.2 Å². The van der Waals surface area contributed by atoms with Crippen LogP contribution in [0.5, 0.6) is 5.75 Å². The first kappa shape index (κ1) is 16.8. The van der Waals surface area contributed by atoms with Crippen molar-refractivity contribution in [3.63, 3.8) is 0 Å². The first-order valence-corrected chi connectivity index (χ1v) is 9.19. The number of thioether (sulfide) groups is 1. The van der Waals surface area contributed by atoms with Crippen molar-refractivity contribution in [1.29, 1.82) is 0 Å². The standard InChI is InChI=1S/C13H18N4O3S2/c1-10(2)17-9-15-16-13(17)21-8-7-20-11-3-5-12(6-4-11)22(14,18)19/h3-6,9-10H,7-8H2,1-2H3,(H2,14,18,19). The van der Waals surface area contributed by atoms with Gasteiger partial charge in [-0.15, -0.1) is 10.2 Å². The average molecular weight is 342 g/mol. The number of nitrogens with zero attached hydrogens (tertiary/aromatic N) is 3. The second-order valence-corrected chi connectivity index (χ2v) is 7.45. The van der Waals surface area contributed by atoms with Crippen LogP contribution in [0.25, 0.3) is 0 Å². The van der Waals surface area contributed by atoms with E-state index in [1.165, 1.54) is 12.1 Å². The fourth-order valence-electron chi connectivity index (χ4n) is 1.71. The second kappa shape index (κ2) is 7.12. The number of aromatic nitrogens is 3. The predicted molar refractivity (Wildman–Crippen MR) is 84.4 cm³/mol. The molecule has 1 aromatic carbocycles. The third-order valence-electron chi connectivity index (χ3n) is 2.83. The smallest absolute Gasteiger partial charge is 0.238 e. The van der Waals surface area contributed by atoms with E-state index in [4.69, 9.17) is 9.88 Å². The molecule has 0 atom stereocenters. The van der Waals surface area contributed by atoms with Crippen molar-refractivity contribution in [2.24, 2.45) is 5.14 Å². The number of benzene rings is 1. The molecule has 120 valence electrons. The number of primary sulfonamides is 1. The molecule has 0 fully saturated rings. The Balaban J connectivity index is 1.83. The van der Waals surface area contributed by atoms with Crippen molar-refractivity contribution in [1.82, 2.24) is 14.8 Å². The molecule has 0 saturated heterocycles. The molecule has 0 aliphatic heterocycles. The lowest BCUT2D eigenvalue weighted by molar-refractivity contribution is 0.343. The first-order chi connectivity index (χ1) is 10.4. The van der Waals surface area contributed by atoms with Crippen LogP contribution < -0.4 is 9.88 Å². The Hall–Kier alpha value is -1.58. The van der Waals surface area contributed by atoms with Crippen molar-refractivity contribution < 1.29 is 13.2 Å². The minimum atomic E-state index is -3.66. The molecule has 0 aliphatic rings. The Morgan fingerprint density at radius 3 is 2.59 bits per heavy atom. The van der Waals surface area contributed by atoms with Gasteiger partial charge in [0.05, 0.1) is 11.5 Å². The van der Waals surface area contributed by atoms with Crippen molar-refractivity contribution in [3.8, 4) is 5.75 Å².